The maximum Gasteiger partial charge on any atom is 0.372 e. The minimum absolute atomic E-state index is 0.0273. The summed E-state index contributed by atoms with van der Waals surface area (Å²) in [4.78, 5) is 21.6. The van der Waals surface area contributed by atoms with Crippen LogP contribution in [0.5, 0.6) is 0 Å². The highest BCUT2D eigenvalue weighted by molar-refractivity contribution is 9.08. The lowest BCUT2D eigenvalue weighted by Gasteiger charge is -1.88. The molecule has 256 valence electrons. The molecule has 10 heteroatoms. The second kappa shape index (κ2) is 16.1. The van der Waals surface area contributed by atoms with Crippen molar-refractivity contribution in [3.05, 3.63) is 142 Å². The number of aromatic carboxylic acids is 1. The predicted octanol–water partition coefficient (Wildman–Crippen LogP) is 11.4. The maximum atomic E-state index is 10.9. The molecule has 4 aromatic carbocycles. The Labute approximate surface area is 301 Å². The molecule has 0 saturated heterocycles. The van der Waals surface area contributed by atoms with Gasteiger partial charge in [-0.3, -0.25) is 4.79 Å². The Balaban J connectivity index is 0.000000130. The highest BCUT2D eigenvalue weighted by Gasteiger charge is 2.16. The largest absolute Gasteiger partial charge is 0.475 e. The van der Waals surface area contributed by atoms with Gasteiger partial charge in [0.05, 0.1) is 5.33 Å². The van der Waals surface area contributed by atoms with E-state index in [0.717, 1.165) is 49.5 Å². The number of para-hydroxylation sites is 4. The molecule has 8 aromatic rings. The van der Waals surface area contributed by atoms with Gasteiger partial charge in [0.2, 0.25) is 5.76 Å². The molecule has 50 heavy (non-hydrogen) atoms. The molecule has 0 unspecified atom stereocenters. The van der Waals surface area contributed by atoms with Crippen LogP contribution in [0.3, 0.4) is 0 Å². The number of halogens is 2. The van der Waals surface area contributed by atoms with Gasteiger partial charge in [-0.15, -0.1) is 0 Å². The summed E-state index contributed by atoms with van der Waals surface area (Å²) in [6, 6.07) is 30.6. The number of benzene rings is 4. The summed E-state index contributed by atoms with van der Waals surface area (Å²) in [6.07, 6.45) is 0. The number of fused-ring (bicyclic) bond motifs is 4. The number of aliphatic hydroxyl groups excluding tert-OH is 1. The van der Waals surface area contributed by atoms with Gasteiger partial charge in [-0.25, -0.2) is 4.79 Å². The lowest BCUT2D eigenvalue weighted by molar-refractivity contribution is 0.0663. The van der Waals surface area contributed by atoms with Crippen LogP contribution in [-0.2, 0) is 11.9 Å². The fraction of sp³-hybridized carbons (Fsp3) is 0.150. The van der Waals surface area contributed by atoms with E-state index in [-0.39, 0.29) is 18.1 Å². The molecule has 4 heterocycles. The summed E-state index contributed by atoms with van der Waals surface area (Å²) in [5.74, 6) is 0.935. The van der Waals surface area contributed by atoms with E-state index in [4.69, 9.17) is 39.5 Å². The Bertz CT molecular complexity index is 2260. The van der Waals surface area contributed by atoms with E-state index < -0.39 is 11.2 Å². The monoisotopic (exact) mass is 756 g/mol. The van der Waals surface area contributed by atoms with Gasteiger partial charge >= 0.3 is 5.97 Å². The van der Waals surface area contributed by atoms with E-state index in [1.807, 2.05) is 98.8 Å². The summed E-state index contributed by atoms with van der Waals surface area (Å²) in [5, 5.41) is 22.0. The fourth-order valence-electron chi connectivity index (χ4n) is 5.47. The van der Waals surface area contributed by atoms with Crippen LogP contribution >= 0.6 is 27.5 Å². The number of hydrogen-bond acceptors (Lipinski definition) is 7. The number of carboxylic acid groups (broad SMARTS) is 1. The van der Waals surface area contributed by atoms with Crippen LogP contribution in [0.15, 0.2) is 115 Å². The predicted molar refractivity (Wildman–Crippen MR) is 200 cm³/mol. The molecule has 0 fully saturated rings. The number of carboxylic acids is 1. The van der Waals surface area contributed by atoms with Crippen molar-refractivity contribution < 1.29 is 37.5 Å². The van der Waals surface area contributed by atoms with E-state index in [9.17, 15) is 9.59 Å². The van der Waals surface area contributed by atoms with Gasteiger partial charge in [0.15, 0.2) is 5.76 Å². The van der Waals surface area contributed by atoms with Crippen molar-refractivity contribution in [2.24, 2.45) is 0 Å². The van der Waals surface area contributed by atoms with Crippen molar-refractivity contribution in [1.29, 1.82) is 0 Å². The highest BCUT2D eigenvalue weighted by atomic mass is 79.9. The van der Waals surface area contributed by atoms with E-state index in [1.54, 1.807) is 13.0 Å². The highest BCUT2D eigenvalue weighted by Crippen LogP contribution is 2.28. The van der Waals surface area contributed by atoms with Crippen LogP contribution in [0.25, 0.3) is 43.9 Å². The molecule has 0 spiro atoms. The van der Waals surface area contributed by atoms with Gasteiger partial charge in [0.1, 0.15) is 40.5 Å². The molecule has 0 radical (unpaired) electrons. The lowest BCUT2D eigenvalue weighted by atomic mass is 10.1. The summed E-state index contributed by atoms with van der Waals surface area (Å²) < 4.78 is 21.4. The molecule has 0 bridgehead atoms. The zero-order chi connectivity index (χ0) is 35.9. The first-order chi connectivity index (χ1) is 24.0. The minimum atomic E-state index is -1.02. The average Bonchev–Trinajstić information content (AvgIpc) is 3.86. The standard InChI is InChI=1S/C10H9BrO.C10H7ClO2.C10H8O3.C10H10O2/c1-7-8-4-2-3-5-9(8)12-10(7)6-11;2*1-6-7-4-2-3-5-8(7)13-9(6)10(11)12;1-7-8-4-2-3-5-9(8)12-10(7)6-11/h2-5H,6H2,1H3;2-5H,1H3;2-5H,1H3,(H,11,12);2-5,11H,6H2,1H3. The SMILES string of the molecule is Cc1c(C(=O)Cl)oc2ccccc12.Cc1c(C(=O)O)oc2ccccc12.Cc1c(CBr)oc2ccccc12.Cc1c(CO)oc2ccccc12. The van der Waals surface area contributed by atoms with Gasteiger partial charge in [-0.05, 0) is 69.1 Å². The lowest BCUT2D eigenvalue weighted by Crippen LogP contribution is -1.94. The average molecular weight is 758 g/mol. The summed E-state index contributed by atoms with van der Waals surface area (Å²) in [5.41, 5.74) is 6.90. The minimum Gasteiger partial charge on any atom is -0.475 e. The van der Waals surface area contributed by atoms with Crippen LogP contribution in [0.4, 0.5) is 0 Å². The molecule has 8 rings (SSSR count). The number of alkyl halides is 1. The van der Waals surface area contributed by atoms with Gasteiger partial charge < -0.3 is 27.9 Å². The van der Waals surface area contributed by atoms with Gasteiger partial charge in [0.25, 0.3) is 5.24 Å². The third kappa shape index (κ3) is 7.70. The second-order valence-electron chi connectivity index (χ2n) is 11.3. The van der Waals surface area contributed by atoms with E-state index in [1.165, 1.54) is 10.9 Å². The summed E-state index contributed by atoms with van der Waals surface area (Å²) in [7, 11) is 0. The van der Waals surface area contributed by atoms with Crippen molar-refractivity contribution in [2.45, 2.75) is 39.6 Å². The number of carbonyl (C=O) groups excluding carboxylic acids is 1. The molecule has 0 aliphatic carbocycles. The first-order valence-electron chi connectivity index (χ1n) is 15.6. The van der Waals surface area contributed by atoms with E-state index in [0.29, 0.717) is 22.5 Å². The Hall–Kier alpha value is -5.09. The van der Waals surface area contributed by atoms with Crippen molar-refractivity contribution in [1.82, 2.24) is 0 Å². The Kier molecular flexibility index (Phi) is 11.6. The fourth-order valence-corrected chi connectivity index (χ4v) is 6.18. The molecule has 2 N–H and O–H groups in total. The molecule has 0 atom stereocenters. The normalized spacial score (nSPS) is 10.7. The van der Waals surface area contributed by atoms with E-state index >= 15 is 0 Å². The number of aryl methyl sites for hydroxylation is 4. The molecule has 0 amide bonds. The van der Waals surface area contributed by atoms with Crippen LogP contribution in [0.1, 0.15) is 54.9 Å². The first kappa shape index (κ1) is 36.2. The zero-order valence-electron chi connectivity index (χ0n) is 27.8. The third-order valence-corrected chi connectivity index (χ3v) is 8.89. The molecular weight excluding hydrogens is 724 g/mol. The van der Waals surface area contributed by atoms with Crippen LogP contribution < -0.4 is 0 Å². The van der Waals surface area contributed by atoms with Crippen LogP contribution in [0.2, 0.25) is 0 Å². The smallest absolute Gasteiger partial charge is 0.372 e. The maximum absolute atomic E-state index is 10.9. The topological polar surface area (TPSA) is 127 Å². The van der Waals surface area contributed by atoms with Crippen molar-refractivity contribution >= 4 is 82.6 Å². The summed E-state index contributed by atoms with van der Waals surface area (Å²) >= 11 is 8.74. The second-order valence-corrected chi connectivity index (χ2v) is 12.2. The number of carbonyl (C=O) groups is 2. The van der Waals surface area contributed by atoms with Gasteiger partial charge in [-0.1, -0.05) is 88.7 Å². The molecule has 8 nitrogen and oxygen atoms in total. The molecule has 4 aromatic heterocycles. The Morgan fingerprint density at radius 3 is 1.26 bits per heavy atom. The van der Waals surface area contributed by atoms with Gasteiger partial charge in [0, 0.05) is 38.2 Å². The first-order valence-corrected chi connectivity index (χ1v) is 17.1. The molecule has 0 aliphatic heterocycles. The van der Waals surface area contributed by atoms with Gasteiger partial charge in [-0.2, -0.15) is 0 Å². The Morgan fingerprint density at radius 2 is 0.900 bits per heavy atom. The number of rotatable bonds is 4. The number of furan rings is 4. The summed E-state index contributed by atoms with van der Waals surface area (Å²) in [6.45, 7) is 7.58. The molecular formula is C40H34BrClO8. The Morgan fingerprint density at radius 1 is 0.560 bits per heavy atom. The van der Waals surface area contributed by atoms with Crippen molar-refractivity contribution in [2.75, 3.05) is 0 Å². The molecule has 0 saturated carbocycles. The van der Waals surface area contributed by atoms with E-state index in [2.05, 4.69) is 28.9 Å². The van der Waals surface area contributed by atoms with Crippen molar-refractivity contribution in [3.8, 4) is 0 Å². The zero-order valence-corrected chi connectivity index (χ0v) is 30.1. The molecule has 0 aliphatic rings. The van der Waals surface area contributed by atoms with Crippen molar-refractivity contribution in [3.63, 3.8) is 0 Å². The number of hydrogen-bond donors (Lipinski definition) is 2. The van der Waals surface area contributed by atoms with Crippen LogP contribution in [0, 0.1) is 27.7 Å². The third-order valence-electron chi connectivity index (χ3n) is 8.21. The van der Waals surface area contributed by atoms with Crippen LogP contribution in [-0.4, -0.2) is 21.4 Å². The quantitative estimate of drug-likeness (QED) is 0.134. The number of aliphatic hydroxyl groups is 1.